The van der Waals surface area contributed by atoms with Crippen molar-refractivity contribution in [2.24, 2.45) is 0 Å². The summed E-state index contributed by atoms with van der Waals surface area (Å²) in [5.74, 6) is -1.91. The summed E-state index contributed by atoms with van der Waals surface area (Å²) in [6.45, 7) is 2.88. The minimum Gasteiger partial charge on any atom is -0.478 e. The summed E-state index contributed by atoms with van der Waals surface area (Å²) in [6.07, 6.45) is 3.50. The minimum atomic E-state index is -1.29. The smallest absolute Gasteiger partial charge is 0.337 e. The fourth-order valence-corrected chi connectivity index (χ4v) is 4.69. The predicted octanol–water partition coefficient (Wildman–Crippen LogP) is 4.77. The fraction of sp³-hybridized carbons (Fsp3) is 0.400. The fourth-order valence-electron chi connectivity index (χ4n) is 4.69. The molecule has 2 fully saturated rings. The Labute approximate surface area is 194 Å². The molecule has 1 saturated heterocycles. The van der Waals surface area contributed by atoms with Crippen molar-refractivity contribution in [3.63, 3.8) is 0 Å². The molecule has 1 aliphatic heterocycles. The van der Waals surface area contributed by atoms with Gasteiger partial charge in [0.15, 0.2) is 0 Å². The molecule has 2 heterocycles. The first kappa shape index (κ1) is 22.5. The van der Waals surface area contributed by atoms with Gasteiger partial charge in [-0.2, -0.15) is 0 Å². The summed E-state index contributed by atoms with van der Waals surface area (Å²) >= 11 is 0. The van der Waals surface area contributed by atoms with Gasteiger partial charge in [-0.25, -0.2) is 18.6 Å². The number of rotatable bonds is 6. The largest absolute Gasteiger partial charge is 0.478 e. The Bertz CT molecular complexity index is 1330. The van der Waals surface area contributed by atoms with Gasteiger partial charge >= 0.3 is 5.97 Å². The molecule has 34 heavy (non-hydrogen) atoms. The molecule has 3 aromatic rings. The maximum Gasteiger partial charge on any atom is 0.337 e. The molecule has 2 aromatic carbocycles. The molecule has 0 bridgehead atoms. The van der Waals surface area contributed by atoms with Crippen LogP contribution in [0.25, 0.3) is 10.9 Å². The average molecular weight is 469 g/mol. The number of ether oxygens (including phenoxy) is 1. The van der Waals surface area contributed by atoms with E-state index in [1.165, 1.54) is 18.2 Å². The highest BCUT2D eigenvalue weighted by Gasteiger charge is 2.32. The van der Waals surface area contributed by atoms with Crippen LogP contribution in [-0.4, -0.2) is 33.8 Å². The maximum absolute atomic E-state index is 14.7. The first-order valence-corrected chi connectivity index (χ1v) is 11.5. The third kappa shape index (κ3) is 4.16. The molecule has 0 radical (unpaired) electrons. The second kappa shape index (κ2) is 8.79. The summed E-state index contributed by atoms with van der Waals surface area (Å²) in [6, 6.07) is 5.38. The van der Waals surface area contributed by atoms with Gasteiger partial charge in [0, 0.05) is 29.8 Å². The van der Waals surface area contributed by atoms with E-state index in [1.807, 2.05) is 0 Å². The van der Waals surface area contributed by atoms with Crippen molar-refractivity contribution >= 4 is 22.6 Å². The normalized spacial score (nSPS) is 19.2. The zero-order valence-electron chi connectivity index (χ0n) is 18.7. The molecule has 5 rings (SSSR count). The van der Waals surface area contributed by atoms with Crippen LogP contribution in [0, 0.1) is 11.6 Å². The predicted molar refractivity (Wildman–Crippen MR) is 122 cm³/mol. The molecule has 178 valence electrons. The number of fused-ring (bicyclic) bond motifs is 1. The van der Waals surface area contributed by atoms with Crippen molar-refractivity contribution in [1.29, 1.82) is 0 Å². The van der Waals surface area contributed by atoms with Crippen molar-refractivity contribution in [2.45, 2.75) is 50.6 Å². The maximum atomic E-state index is 14.7. The lowest BCUT2D eigenvalue weighted by molar-refractivity contribution is 0.0697. The topological polar surface area (TPSA) is 93.5 Å². The molecular formula is C25H25F2N3O4. The van der Waals surface area contributed by atoms with E-state index in [9.17, 15) is 23.5 Å². The highest BCUT2D eigenvalue weighted by atomic mass is 19.1. The van der Waals surface area contributed by atoms with E-state index in [0.29, 0.717) is 30.1 Å². The van der Waals surface area contributed by atoms with Gasteiger partial charge < -0.3 is 15.2 Å². The summed E-state index contributed by atoms with van der Waals surface area (Å²) in [4.78, 5) is 30.0. The molecular weight excluding hydrogens is 444 g/mol. The van der Waals surface area contributed by atoms with Crippen LogP contribution >= 0.6 is 0 Å². The van der Waals surface area contributed by atoms with E-state index in [1.54, 1.807) is 11.5 Å². The molecule has 2 N–H and O–H groups in total. The first-order valence-electron chi connectivity index (χ1n) is 11.5. The van der Waals surface area contributed by atoms with E-state index in [4.69, 9.17) is 9.72 Å². The molecule has 1 aliphatic carbocycles. The number of nitrogens with zero attached hydrogens (tertiary/aromatic N) is 2. The highest BCUT2D eigenvalue weighted by Crippen LogP contribution is 2.38. The Kier molecular flexibility index (Phi) is 5.81. The standard InChI is InChI=1S/C25H25F2N3O4/c1-13(28-21-7-4-15(26)9-19(21)25(32)33)18-10-16(27)11-20-22(18)29-23(14-3-2-8-34-12-14)30(24(20)31)17-5-6-17/h4,7,9-11,13-14,17,28H,2-3,5-6,8,12H2,1H3,(H,32,33)/t13-,14?/m1/s1. The van der Waals surface area contributed by atoms with Crippen LogP contribution in [0.2, 0.25) is 0 Å². The third-order valence-corrected chi connectivity index (χ3v) is 6.51. The van der Waals surface area contributed by atoms with Gasteiger partial charge in [-0.3, -0.25) is 9.36 Å². The van der Waals surface area contributed by atoms with Crippen LogP contribution in [-0.2, 0) is 4.74 Å². The molecule has 9 heteroatoms. The Hall–Kier alpha value is -3.33. The first-order chi connectivity index (χ1) is 16.3. The molecule has 7 nitrogen and oxygen atoms in total. The monoisotopic (exact) mass is 469 g/mol. The minimum absolute atomic E-state index is 0.0247. The number of aromatic nitrogens is 2. The molecule has 0 spiro atoms. The van der Waals surface area contributed by atoms with Crippen molar-refractivity contribution in [2.75, 3.05) is 18.5 Å². The number of nitrogens with one attached hydrogen (secondary N) is 1. The number of benzene rings is 2. The summed E-state index contributed by atoms with van der Waals surface area (Å²) < 4.78 is 35.6. The zero-order valence-corrected chi connectivity index (χ0v) is 18.7. The lowest BCUT2D eigenvalue weighted by Crippen LogP contribution is -2.30. The SMILES string of the molecule is C[C@@H](Nc1ccc(F)cc1C(=O)O)c1cc(F)cc2c(=O)n(C3CC3)c(C3CCCOC3)nc12. The van der Waals surface area contributed by atoms with E-state index in [-0.39, 0.29) is 34.2 Å². The second-order valence-electron chi connectivity index (χ2n) is 9.04. The number of carbonyl (C=O) groups is 1. The van der Waals surface area contributed by atoms with E-state index in [2.05, 4.69) is 5.32 Å². The molecule has 1 saturated carbocycles. The average Bonchev–Trinajstić information content (AvgIpc) is 3.65. The molecule has 1 aromatic heterocycles. The Balaban J connectivity index is 1.63. The van der Waals surface area contributed by atoms with Gasteiger partial charge in [-0.1, -0.05) is 0 Å². The lowest BCUT2D eigenvalue weighted by Gasteiger charge is -2.26. The second-order valence-corrected chi connectivity index (χ2v) is 9.04. The Morgan fingerprint density at radius 2 is 2.00 bits per heavy atom. The van der Waals surface area contributed by atoms with Crippen LogP contribution in [0.3, 0.4) is 0 Å². The number of hydrogen-bond acceptors (Lipinski definition) is 5. The Morgan fingerprint density at radius 1 is 1.21 bits per heavy atom. The van der Waals surface area contributed by atoms with Crippen LogP contribution in [0.15, 0.2) is 35.1 Å². The van der Waals surface area contributed by atoms with Gasteiger partial charge in [0.1, 0.15) is 17.5 Å². The van der Waals surface area contributed by atoms with Gasteiger partial charge in [0.2, 0.25) is 0 Å². The van der Waals surface area contributed by atoms with Crippen LogP contribution < -0.4 is 10.9 Å². The number of anilines is 1. The van der Waals surface area contributed by atoms with Crippen molar-refractivity contribution in [3.8, 4) is 0 Å². The van der Waals surface area contributed by atoms with Crippen molar-refractivity contribution < 1.29 is 23.4 Å². The number of carboxylic acids is 1. The Morgan fingerprint density at radius 3 is 2.68 bits per heavy atom. The molecule has 2 atom stereocenters. The highest BCUT2D eigenvalue weighted by molar-refractivity contribution is 5.94. The molecule has 2 aliphatic rings. The summed E-state index contributed by atoms with van der Waals surface area (Å²) in [5.41, 5.74) is 0.480. The van der Waals surface area contributed by atoms with Gasteiger partial charge in [-0.15, -0.1) is 0 Å². The summed E-state index contributed by atoms with van der Waals surface area (Å²) in [5, 5.41) is 12.7. The van der Waals surface area contributed by atoms with E-state index >= 15 is 0 Å². The number of hydrogen-bond donors (Lipinski definition) is 2. The van der Waals surface area contributed by atoms with E-state index < -0.39 is 23.6 Å². The third-order valence-electron chi connectivity index (χ3n) is 6.51. The quantitative estimate of drug-likeness (QED) is 0.540. The number of carboxylic acid groups (broad SMARTS) is 1. The molecule has 1 unspecified atom stereocenters. The van der Waals surface area contributed by atoms with E-state index in [0.717, 1.165) is 37.8 Å². The van der Waals surface area contributed by atoms with Gasteiger partial charge in [-0.05, 0) is 62.9 Å². The van der Waals surface area contributed by atoms with Crippen molar-refractivity contribution in [3.05, 3.63) is 69.3 Å². The zero-order chi connectivity index (χ0) is 24.0. The summed E-state index contributed by atoms with van der Waals surface area (Å²) in [7, 11) is 0. The van der Waals surface area contributed by atoms with Crippen LogP contribution in [0.1, 0.15) is 72.4 Å². The van der Waals surface area contributed by atoms with Crippen LogP contribution in [0.5, 0.6) is 0 Å². The number of aromatic carboxylic acids is 1. The lowest BCUT2D eigenvalue weighted by atomic mass is 9.99. The van der Waals surface area contributed by atoms with Gasteiger partial charge in [0.05, 0.1) is 29.1 Å². The van der Waals surface area contributed by atoms with Crippen LogP contribution in [0.4, 0.5) is 14.5 Å². The molecule has 0 amide bonds. The van der Waals surface area contributed by atoms with Crippen molar-refractivity contribution in [1.82, 2.24) is 9.55 Å². The van der Waals surface area contributed by atoms with Gasteiger partial charge in [0.25, 0.3) is 5.56 Å². The number of halogens is 2.